The molecule has 2 aliphatic rings. The van der Waals surface area contributed by atoms with E-state index in [9.17, 15) is 4.79 Å². The van der Waals surface area contributed by atoms with Gasteiger partial charge in [-0.05, 0) is 12.8 Å². The van der Waals surface area contributed by atoms with Crippen molar-refractivity contribution in [1.29, 1.82) is 0 Å². The van der Waals surface area contributed by atoms with Gasteiger partial charge in [0.2, 0.25) is 17.7 Å². The lowest BCUT2D eigenvalue weighted by Gasteiger charge is -2.20. The van der Waals surface area contributed by atoms with Crippen molar-refractivity contribution in [1.82, 2.24) is 14.9 Å². The van der Waals surface area contributed by atoms with Gasteiger partial charge in [0.05, 0.1) is 26.0 Å². The number of nitrogens with zero attached hydrogens (tertiary/aromatic N) is 3. The summed E-state index contributed by atoms with van der Waals surface area (Å²) in [7, 11) is 1.55. The predicted octanol–water partition coefficient (Wildman–Crippen LogP) is 1.66. The Balaban J connectivity index is 1.55. The smallest absolute Gasteiger partial charge is 0.235 e. The summed E-state index contributed by atoms with van der Waals surface area (Å²) in [5.41, 5.74) is 0. The first kappa shape index (κ1) is 14.1. The third kappa shape index (κ3) is 3.25. The molecule has 0 radical (unpaired) electrons. The molecule has 0 aromatic carbocycles. The molecule has 2 heterocycles. The number of carbonyl (C=O) groups is 1. The Bertz CT molecular complexity index is 503. The summed E-state index contributed by atoms with van der Waals surface area (Å²) in [5.74, 6) is 1.43. The summed E-state index contributed by atoms with van der Waals surface area (Å²) in [4.78, 5) is 22.5. The molecule has 0 spiro atoms. The van der Waals surface area contributed by atoms with Gasteiger partial charge < -0.3 is 14.4 Å². The maximum atomic E-state index is 12.4. The van der Waals surface area contributed by atoms with E-state index in [1.807, 2.05) is 4.90 Å². The summed E-state index contributed by atoms with van der Waals surface area (Å²) in [6.45, 7) is 1.42. The second-order valence-corrected chi connectivity index (χ2v) is 5.69. The maximum absolute atomic E-state index is 12.4. The second-order valence-electron chi connectivity index (χ2n) is 5.69. The van der Waals surface area contributed by atoms with Crippen LogP contribution in [0.15, 0.2) is 12.4 Å². The first-order chi connectivity index (χ1) is 10.3. The quantitative estimate of drug-likeness (QED) is 0.844. The van der Waals surface area contributed by atoms with Crippen LogP contribution in [-0.4, -0.2) is 47.1 Å². The van der Waals surface area contributed by atoms with Crippen LogP contribution in [0.2, 0.25) is 0 Å². The van der Waals surface area contributed by atoms with Gasteiger partial charge in [-0.3, -0.25) is 9.78 Å². The number of methoxy groups -OCH3 is 1. The summed E-state index contributed by atoms with van der Waals surface area (Å²) in [6.07, 6.45) is 8.41. The van der Waals surface area contributed by atoms with Crippen molar-refractivity contribution in [3.8, 4) is 11.8 Å². The van der Waals surface area contributed by atoms with Gasteiger partial charge >= 0.3 is 0 Å². The van der Waals surface area contributed by atoms with E-state index in [1.54, 1.807) is 13.3 Å². The minimum absolute atomic E-state index is 0.00300. The molecule has 6 nitrogen and oxygen atoms in total. The molecule has 0 bridgehead atoms. The Hall–Kier alpha value is -1.85. The van der Waals surface area contributed by atoms with Crippen LogP contribution in [-0.2, 0) is 4.79 Å². The van der Waals surface area contributed by atoms with E-state index in [0.29, 0.717) is 24.2 Å². The van der Waals surface area contributed by atoms with Gasteiger partial charge in [-0.15, -0.1) is 0 Å². The van der Waals surface area contributed by atoms with Crippen molar-refractivity contribution in [2.75, 3.05) is 20.2 Å². The van der Waals surface area contributed by atoms with Gasteiger partial charge in [0.1, 0.15) is 6.10 Å². The van der Waals surface area contributed by atoms with Crippen molar-refractivity contribution in [2.24, 2.45) is 5.92 Å². The van der Waals surface area contributed by atoms with E-state index in [4.69, 9.17) is 9.47 Å². The SMILES string of the molecule is COc1cncc(OC2CCN(C(=O)C3CCCC3)C2)n1. The fourth-order valence-electron chi connectivity index (χ4n) is 3.11. The lowest BCUT2D eigenvalue weighted by molar-refractivity contribution is -0.134. The van der Waals surface area contributed by atoms with E-state index in [2.05, 4.69) is 9.97 Å². The van der Waals surface area contributed by atoms with Gasteiger partial charge in [0.25, 0.3) is 0 Å². The van der Waals surface area contributed by atoms with Gasteiger partial charge in [0.15, 0.2) is 0 Å². The monoisotopic (exact) mass is 291 g/mol. The molecular formula is C15H21N3O3. The number of likely N-dealkylation sites (tertiary alicyclic amines) is 1. The highest BCUT2D eigenvalue weighted by Gasteiger charge is 2.33. The van der Waals surface area contributed by atoms with Gasteiger partial charge in [-0.1, -0.05) is 12.8 Å². The van der Waals surface area contributed by atoms with Crippen molar-refractivity contribution in [3.05, 3.63) is 12.4 Å². The highest BCUT2D eigenvalue weighted by molar-refractivity contribution is 5.79. The minimum atomic E-state index is -0.00300. The molecule has 1 atom stereocenters. The molecule has 2 fully saturated rings. The average molecular weight is 291 g/mol. The molecule has 3 rings (SSSR count). The van der Waals surface area contributed by atoms with Crippen molar-refractivity contribution in [2.45, 2.75) is 38.2 Å². The van der Waals surface area contributed by atoms with Gasteiger partial charge in [-0.25, -0.2) is 0 Å². The number of aromatic nitrogens is 2. The van der Waals surface area contributed by atoms with Gasteiger partial charge in [-0.2, -0.15) is 4.98 Å². The molecule has 1 aliphatic heterocycles. The first-order valence-electron chi connectivity index (χ1n) is 7.58. The molecule has 1 aromatic heterocycles. The van der Waals surface area contributed by atoms with Crippen LogP contribution in [0.25, 0.3) is 0 Å². The molecule has 1 amide bonds. The summed E-state index contributed by atoms with van der Waals surface area (Å²) < 4.78 is 10.8. The summed E-state index contributed by atoms with van der Waals surface area (Å²) in [6, 6.07) is 0. The molecule has 21 heavy (non-hydrogen) atoms. The lowest BCUT2D eigenvalue weighted by Crippen LogP contribution is -2.34. The molecule has 6 heteroatoms. The zero-order valence-electron chi connectivity index (χ0n) is 12.3. The maximum Gasteiger partial charge on any atom is 0.235 e. The molecule has 1 unspecified atom stereocenters. The van der Waals surface area contributed by atoms with Crippen LogP contribution in [0.4, 0.5) is 0 Å². The van der Waals surface area contributed by atoms with E-state index in [-0.39, 0.29) is 12.0 Å². The van der Waals surface area contributed by atoms with Crippen LogP contribution in [0.3, 0.4) is 0 Å². The lowest BCUT2D eigenvalue weighted by atomic mass is 10.1. The number of amides is 1. The van der Waals surface area contributed by atoms with Crippen molar-refractivity contribution < 1.29 is 14.3 Å². The van der Waals surface area contributed by atoms with Crippen molar-refractivity contribution in [3.63, 3.8) is 0 Å². The summed E-state index contributed by atoms with van der Waals surface area (Å²) in [5, 5.41) is 0. The highest BCUT2D eigenvalue weighted by atomic mass is 16.5. The zero-order chi connectivity index (χ0) is 14.7. The average Bonchev–Trinajstić information content (AvgIpc) is 3.18. The minimum Gasteiger partial charge on any atom is -0.480 e. The standard InChI is InChI=1S/C15H21N3O3/c1-20-13-8-16-9-14(17-13)21-12-6-7-18(10-12)15(19)11-4-2-3-5-11/h8-9,11-12H,2-7,10H2,1H3. The van der Waals surface area contributed by atoms with Crippen LogP contribution in [0, 0.1) is 5.92 Å². The number of ether oxygens (including phenoxy) is 2. The van der Waals surface area contributed by atoms with E-state index < -0.39 is 0 Å². The van der Waals surface area contributed by atoms with Gasteiger partial charge in [0, 0.05) is 18.9 Å². The fraction of sp³-hybridized carbons (Fsp3) is 0.667. The summed E-state index contributed by atoms with van der Waals surface area (Å²) >= 11 is 0. The molecule has 1 aliphatic carbocycles. The number of rotatable bonds is 4. The third-order valence-corrected chi connectivity index (χ3v) is 4.25. The van der Waals surface area contributed by atoms with E-state index in [1.165, 1.54) is 19.0 Å². The highest BCUT2D eigenvalue weighted by Crippen LogP contribution is 2.28. The topological polar surface area (TPSA) is 64.6 Å². The molecule has 1 aromatic rings. The third-order valence-electron chi connectivity index (χ3n) is 4.25. The fourth-order valence-corrected chi connectivity index (χ4v) is 3.11. The van der Waals surface area contributed by atoms with E-state index >= 15 is 0 Å². The molecule has 0 N–H and O–H groups in total. The van der Waals surface area contributed by atoms with E-state index in [0.717, 1.165) is 25.8 Å². The van der Waals surface area contributed by atoms with Crippen LogP contribution >= 0.6 is 0 Å². The molecule has 1 saturated carbocycles. The first-order valence-corrected chi connectivity index (χ1v) is 7.58. The van der Waals surface area contributed by atoms with Crippen LogP contribution in [0.1, 0.15) is 32.1 Å². The molecule has 1 saturated heterocycles. The Morgan fingerprint density at radius 3 is 2.76 bits per heavy atom. The Morgan fingerprint density at radius 1 is 1.24 bits per heavy atom. The Kier molecular flexibility index (Phi) is 4.22. The molecule has 114 valence electrons. The Labute approximate surface area is 124 Å². The number of carbonyl (C=O) groups excluding carboxylic acids is 1. The number of hydrogen-bond acceptors (Lipinski definition) is 5. The Morgan fingerprint density at radius 2 is 2.00 bits per heavy atom. The predicted molar refractivity (Wildman–Crippen MR) is 76.2 cm³/mol. The van der Waals surface area contributed by atoms with Crippen molar-refractivity contribution >= 4 is 5.91 Å². The molecular weight excluding hydrogens is 270 g/mol. The second kappa shape index (κ2) is 6.28. The zero-order valence-corrected chi connectivity index (χ0v) is 12.3. The van der Waals surface area contributed by atoms with Crippen LogP contribution < -0.4 is 9.47 Å². The number of hydrogen-bond donors (Lipinski definition) is 0. The van der Waals surface area contributed by atoms with Crippen LogP contribution in [0.5, 0.6) is 11.8 Å². The normalized spacial score (nSPS) is 22.5. The largest absolute Gasteiger partial charge is 0.480 e.